The van der Waals surface area contributed by atoms with Crippen molar-refractivity contribution in [3.63, 3.8) is 0 Å². The molecule has 1 aromatic heterocycles. The standard InChI is InChI=1S/C15H29N3S/c1-11(2)13(9-18(6)7)16-8-12-10-19-14(17-12)15(3,4)5/h10-11,13,16H,8-9H2,1-7H3. The van der Waals surface area contributed by atoms with Gasteiger partial charge in [0.15, 0.2) is 0 Å². The summed E-state index contributed by atoms with van der Waals surface area (Å²) in [4.78, 5) is 6.97. The fourth-order valence-corrected chi connectivity index (χ4v) is 2.78. The van der Waals surface area contributed by atoms with Gasteiger partial charge in [-0.15, -0.1) is 11.3 Å². The fourth-order valence-electron chi connectivity index (χ4n) is 1.87. The summed E-state index contributed by atoms with van der Waals surface area (Å²) in [5, 5.41) is 7.04. The number of nitrogens with one attached hydrogen (secondary N) is 1. The lowest BCUT2D eigenvalue weighted by Gasteiger charge is -2.25. The molecule has 0 aliphatic heterocycles. The van der Waals surface area contributed by atoms with Crippen LogP contribution in [-0.2, 0) is 12.0 Å². The van der Waals surface area contributed by atoms with Gasteiger partial charge >= 0.3 is 0 Å². The van der Waals surface area contributed by atoms with Gasteiger partial charge < -0.3 is 10.2 Å². The number of nitrogens with zero attached hydrogens (tertiary/aromatic N) is 2. The smallest absolute Gasteiger partial charge is 0.0982 e. The van der Waals surface area contributed by atoms with Gasteiger partial charge in [-0.3, -0.25) is 0 Å². The molecule has 0 aromatic carbocycles. The molecular weight excluding hydrogens is 254 g/mol. The summed E-state index contributed by atoms with van der Waals surface area (Å²) in [6.07, 6.45) is 0. The molecule has 0 saturated carbocycles. The van der Waals surface area contributed by atoms with Gasteiger partial charge in [0.25, 0.3) is 0 Å². The fraction of sp³-hybridized carbons (Fsp3) is 0.800. The predicted octanol–water partition coefficient (Wildman–Crippen LogP) is 3.12. The van der Waals surface area contributed by atoms with Gasteiger partial charge in [-0.2, -0.15) is 0 Å². The molecule has 1 aromatic rings. The maximum absolute atomic E-state index is 4.73. The Balaban J connectivity index is 2.57. The summed E-state index contributed by atoms with van der Waals surface area (Å²) < 4.78 is 0. The number of hydrogen-bond donors (Lipinski definition) is 1. The molecule has 1 N–H and O–H groups in total. The van der Waals surface area contributed by atoms with E-state index in [2.05, 4.69) is 64.3 Å². The summed E-state index contributed by atoms with van der Waals surface area (Å²) in [6, 6.07) is 0.509. The SMILES string of the molecule is CC(C)C(CN(C)C)NCc1csc(C(C)(C)C)n1. The van der Waals surface area contributed by atoms with Gasteiger partial charge in [0.05, 0.1) is 10.7 Å². The molecule has 0 bridgehead atoms. The average molecular weight is 283 g/mol. The highest BCUT2D eigenvalue weighted by molar-refractivity contribution is 7.09. The lowest BCUT2D eigenvalue weighted by Crippen LogP contribution is -2.41. The summed E-state index contributed by atoms with van der Waals surface area (Å²) in [6.45, 7) is 13.1. The first-order valence-electron chi connectivity index (χ1n) is 7.03. The zero-order valence-corrected chi connectivity index (χ0v) is 14.3. The Morgan fingerprint density at radius 2 is 1.95 bits per heavy atom. The minimum atomic E-state index is 0.157. The van der Waals surface area contributed by atoms with E-state index >= 15 is 0 Å². The Hall–Kier alpha value is -0.450. The topological polar surface area (TPSA) is 28.2 Å². The van der Waals surface area contributed by atoms with E-state index in [9.17, 15) is 0 Å². The predicted molar refractivity (Wildman–Crippen MR) is 84.8 cm³/mol. The Kier molecular flexibility index (Phi) is 5.96. The van der Waals surface area contributed by atoms with Crippen molar-refractivity contribution in [2.45, 2.75) is 52.6 Å². The van der Waals surface area contributed by atoms with E-state index in [0.717, 1.165) is 13.1 Å². The highest BCUT2D eigenvalue weighted by Gasteiger charge is 2.19. The summed E-state index contributed by atoms with van der Waals surface area (Å²) in [5.41, 5.74) is 1.32. The molecular formula is C15H29N3S. The molecule has 0 amide bonds. The Morgan fingerprint density at radius 3 is 2.37 bits per heavy atom. The third-order valence-corrected chi connectivity index (χ3v) is 4.42. The van der Waals surface area contributed by atoms with E-state index in [4.69, 9.17) is 4.98 Å². The van der Waals surface area contributed by atoms with Crippen molar-refractivity contribution in [3.05, 3.63) is 16.1 Å². The van der Waals surface area contributed by atoms with E-state index < -0.39 is 0 Å². The van der Waals surface area contributed by atoms with Crippen molar-refractivity contribution in [1.82, 2.24) is 15.2 Å². The van der Waals surface area contributed by atoms with Crippen molar-refractivity contribution >= 4 is 11.3 Å². The van der Waals surface area contributed by atoms with Crippen LogP contribution in [0.15, 0.2) is 5.38 Å². The normalized spacial score (nSPS) is 14.4. The van der Waals surface area contributed by atoms with E-state index in [1.165, 1.54) is 10.7 Å². The van der Waals surface area contributed by atoms with Crippen molar-refractivity contribution < 1.29 is 0 Å². The molecule has 0 aliphatic carbocycles. The van der Waals surface area contributed by atoms with Crippen molar-refractivity contribution in [2.75, 3.05) is 20.6 Å². The molecule has 110 valence electrons. The largest absolute Gasteiger partial charge is 0.308 e. The zero-order valence-electron chi connectivity index (χ0n) is 13.4. The van der Waals surface area contributed by atoms with Gasteiger partial charge in [0, 0.05) is 29.9 Å². The van der Waals surface area contributed by atoms with E-state index in [1.807, 2.05) is 0 Å². The number of likely N-dealkylation sites (N-methyl/N-ethyl adjacent to an activating group) is 1. The number of thiazole rings is 1. The maximum Gasteiger partial charge on any atom is 0.0982 e. The molecule has 0 aliphatic rings. The van der Waals surface area contributed by atoms with E-state index in [0.29, 0.717) is 12.0 Å². The summed E-state index contributed by atoms with van der Waals surface area (Å²) >= 11 is 1.77. The third kappa shape index (κ3) is 5.59. The van der Waals surface area contributed by atoms with E-state index in [1.54, 1.807) is 11.3 Å². The second kappa shape index (κ2) is 6.82. The second-order valence-electron chi connectivity index (χ2n) is 6.89. The lowest BCUT2D eigenvalue weighted by molar-refractivity contribution is 0.287. The first-order valence-corrected chi connectivity index (χ1v) is 7.91. The minimum Gasteiger partial charge on any atom is -0.308 e. The van der Waals surface area contributed by atoms with Crippen LogP contribution in [-0.4, -0.2) is 36.6 Å². The maximum atomic E-state index is 4.73. The number of aromatic nitrogens is 1. The molecule has 1 heterocycles. The van der Waals surface area contributed by atoms with Gasteiger partial charge in [-0.05, 0) is 20.0 Å². The molecule has 1 unspecified atom stereocenters. The first kappa shape index (κ1) is 16.6. The molecule has 3 nitrogen and oxygen atoms in total. The van der Waals surface area contributed by atoms with Gasteiger partial charge in [0.2, 0.25) is 0 Å². The third-order valence-electron chi connectivity index (χ3n) is 3.11. The zero-order chi connectivity index (χ0) is 14.6. The van der Waals surface area contributed by atoms with Crippen LogP contribution in [0.3, 0.4) is 0 Å². The van der Waals surface area contributed by atoms with Crippen molar-refractivity contribution in [2.24, 2.45) is 5.92 Å². The summed E-state index contributed by atoms with van der Waals surface area (Å²) in [7, 11) is 4.25. The quantitative estimate of drug-likeness (QED) is 0.869. The van der Waals surface area contributed by atoms with Crippen LogP contribution < -0.4 is 5.32 Å². The average Bonchev–Trinajstić information content (AvgIpc) is 2.71. The van der Waals surface area contributed by atoms with Crippen LogP contribution in [0.4, 0.5) is 0 Å². The van der Waals surface area contributed by atoms with Crippen LogP contribution in [0.5, 0.6) is 0 Å². The van der Waals surface area contributed by atoms with Crippen LogP contribution in [0, 0.1) is 5.92 Å². The molecule has 0 radical (unpaired) electrons. The monoisotopic (exact) mass is 283 g/mol. The summed E-state index contributed by atoms with van der Waals surface area (Å²) in [5.74, 6) is 0.628. The molecule has 1 rings (SSSR count). The Morgan fingerprint density at radius 1 is 1.32 bits per heavy atom. The first-order chi connectivity index (χ1) is 8.70. The molecule has 0 fully saturated rings. The number of rotatable bonds is 6. The van der Waals surface area contributed by atoms with Gasteiger partial charge in [-0.25, -0.2) is 4.98 Å². The van der Waals surface area contributed by atoms with Crippen LogP contribution in [0.25, 0.3) is 0 Å². The van der Waals surface area contributed by atoms with Gasteiger partial charge in [0.1, 0.15) is 0 Å². The minimum absolute atomic E-state index is 0.157. The van der Waals surface area contributed by atoms with Crippen molar-refractivity contribution in [3.8, 4) is 0 Å². The molecule has 4 heteroatoms. The van der Waals surface area contributed by atoms with E-state index in [-0.39, 0.29) is 5.41 Å². The number of hydrogen-bond acceptors (Lipinski definition) is 4. The second-order valence-corrected chi connectivity index (χ2v) is 7.75. The Bertz CT molecular complexity index is 377. The molecule has 19 heavy (non-hydrogen) atoms. The highest BCUT2D eigenvalue weighted by Crippen LogP contribution is 2.25. The van der Waals surface area contributed by atoms with Gasteiger partial charge in [-0.1, -0.05) is 34.6 Å². The van der Waals surface area contributed by atoms with Crippen LogP contribution >= 0.6 is 11.3 Å². The molecule has 1 atom stereocenters. The molecule has 0 spiro atoms. The molecule has 0 saturated heterocycles. The lowest BCUT2D eigenvalue weighted by atomic mass is 9.98. The van der Waals surface area contributed by atoms with Crippen LogP contribution in [0.1, 0.15) is 45.3 Å². The van der Waals surface area contributed by atoms with Crippen molar-refractivity contribution in [1.29, 1.82) is 0 Å². The Labute approximate surface area is 122 Å². The van der Waals surface area contributed by atoms with Crippen LogP contribution in [0.2, 0.25) is 0 Å². The highest BCUT2D eigenvalue weighted by atomic mass is 32.1.